The molecule has 30 heavy (non-hydrogen) atoms. The molecule has 1 aromatic carbocycles. The van der Waals surface area contributed by atoms with E-state index in [1.54, 1.807) is 12.2 Å². The van der Waals surface area contributed by atoms with Gasteiger partial charge in [0.1, 0.15) is 0 Å². The van der Waals surface area contributed by atoms with E-state index >= 15 is 0 Å². The van der Waals surface area contributed by atoms with Gasteiger partial charge in [-0.15, -0.1) is 0 Å². The highest BCUT2D eigenvalue weighted by Crippen LogP contribution is 2.58. The SMILES string of the molecule is Cc1ccc(C2=NCCNC(C(F)(F)C(F)(F)C(F)(F)C(F)(F)C(F)(F)F)=C2)cc1. The minimum absolute atomic E-state index is 0.105. The summed E-state index contributed by atoms with van der Waals surface area (Å²) < 4.78 is 146. The number of nitrogens with zero attached hydrogens (tertiary/aromatic N) is 1. The molecule has 0 aromatic heterocycles. The van der Waals surface area contributed by atoms with Crippen molar-refractivity contribution in [1.82, 2.24) is 5.32 Å². The van der Waals surface area contributed by atoms with Crippen molar-refractivity contribution in [3.63, 3.8) is 0 Å². The van der Waals surface area contributed by atoms with Crippen LogP contribution in [0.4, 0.5) is 48.3 Å². The molecule has 1 N–H and O–H groups in total. The predicted molar refractivity (Wildman–Crippen MR) is 84.5 cm³/mol. The molecule has 2 rings (SSSR count). The van der Waals surface area contributed by atoms with Crippen LogP contribution in [0, 0.1) is 6.92 Å². The van der Waals surface area contributed by atoms with E-state index < -0.39 is 42.1 Å². The lowest BCUT2D eigenvalue weighted by molar-refractivity contribution is -0.418. The number of hydrogen-bond donors (Lipinski definition) is 1. The molecule has 0 atom stereocenters. The van der Waals surface area contributed by atoms with Crippen molar-refractivity contribution in [3.05, 3.63) is 47.2 Å². The number of rotatable bonds is 5. The van der Waals surface area contributed by atoms with Gasteiger partial charge >= 0.3 is 29.9 Å². The lowest BCUT2D eigenvalue weighted by Crippen LogP contribution is -2.67. The highest BCUT2D eigenvalue weighted by atomic mass is 19.4. The smallest absolute Gasteiger partial charge is 0.381 e. The minimum atomic E-state index is -7.46. The Morgan fingerprint density at radius 1 is 0.767 bits per heavy atom. The highest BCUT2D eigenvalue weighted by molar-refractivity contribution is 6.09. The van der Waals surface area contributed by atoms with Crippen LogP contribution < -0.4 is 5.32 Å². The summed E-state index contributed by atoms with van der Waals surface area (Å²) in [4.78, 5) is 3.80. The summed E-state index contributed by atoms with van der Waals surface area (Å²) in [5.41, 5.74) is -1.52. The standard InChI is InChI=1S/C17H13F11N2/c1-9-2-4-10(5-3-9)11-8-12(30-7-6-29-11)13(18,19)14(20,21)15(22,23)16(24,25)17(26,27)28/h2-5,8,30H,6-7H2,1H3. The first-order chi connectivity index (χ1) is 13.5. The van der Waals surface area contributed by atoms with E-state index in [2.05, 4.69) is 4.99 Å². The van der Waals surface area contributed by atoms with E-state index in [1.165, 1.54) is 24.3 Å². The van der Waals surface area contributed by atoms with Gasteiger partial charge in [-0.2, -0.15) is 48.3 Å². The molecule has 0 saturated heterocycles. The summed E-state index contributed by atoms with van der Waals surface area (Å²) in [6.45, 7) is 0.785. The molecule has 13 heteroatoms. The van der Waals surface area contributed by atoms with Crippen LogP contribution in [-0.2, 0) is 0 Å². The van der Waals surface area contributed by atoms with Crippen LogP contribution in [0.2, 0.25) is 0 Å². The number of aryl methyl sites for hydroxylation is 1. The van der Waals surface area contributed by atoms with Gasteiger partial charge in [0, 0.05) is 6.54 Å². The fourth-order valence-electron chi connectivity index (χ4n) is 2.44. The van der Waals surface area contributed by atoms with Crippen molar-refractivity contribution in [2.45, 2.75) is 36.8 Å². The number of halogens is 11. The second-order valence-corrected chi connectivity index (χ2v) is 6.41. The lowest BCUT2D eigenvalue weighted by Gasteiger charge is -2.38. The van der Waals surface area contributed by atoms with Gasteiger partial charge in [-0.3, -0.25) is 4.99 Å². The summed E-state index contributed by atoms with van der Waals surface area (Å²) in [6.07, 6.45) is -6.98. The summed E-state index contributed by atoms with van der Waals surface area (Å²) in [5, 5.41) is 1.66. The quantitative estimate of drug-likeness (QED) is 0.595. The van der Waals surface area contributed by atoms with Gasteiger partial charge in [-0.25, -0.2) is 0 Å². The van der Waals surface area contributed by atoms with E-state index in [1.807, 2.05) is 0 Å². The molecule has 0 amide bonds. The third-order valence-electron chi connectivity index (χ3n) is 4.22. The van der Waals surface area contributed by atoms with Gasteiger partial charge in [0.15, 0.2) is 0 Å². The third kappa shape index (κ3) is 3.73. The minimum Gasteiger partial charge on any atom is -0.381 e. The van der Waals surface area contributed by atoms with Gasteiger partial charge in [0.25, 0.3) is 0 Å². The Morgan fingerprint density at radius 2 is 1.30 bits per heavy atom. The van der Waals surface area contributed by atoms with Gasteiger partial charge in [0.2, 0.25) is 0 Å². The fourth-order valence-corrected chi connectivity index (χ4v) is 2.44. The van der Waals surface area contributed by atoms with Crippen LogP contribution in [-0.4, -0.2) is 48.7 Å². The Labute approximate surface area is 162 Å². The first-order valence-corrected chi connectivity index (χ1v) is 8.12. The van der Waals surface area contributed by atoms with Crippen LogP contribution in [0.1, 0.15) is 11.1 Å². The van der Waals surface area contributed by atoms with Gasteiger partial charge in [-0.1, -0.05) is 29.8 Å². The van der Waals surface area contributed by atoms with Crippen LogP contribution in [0.5, 0.6) is 0 Å². The van der Waals surface area contributed by atoms with E-state index in [9.17, 15) is 48.3 Å². The van der Waals surface area contributed by atoms with E-state index in [0.29, 0.717) is 0 Å². The molecule has 2 nitrogen and oxygen atoms in total. The monoisotopic (exact) mass is 454 g/mol. The number of aliphatic imine (C=N–C) groups is 1. The zero-order chi connectivity index (χ0) is 23.2. The molecule has 1 aliphatic rings. The Bertz CT molecular complexity index is 836. The number of allylic oxidation sites excluding steroid dienone is 2. The maximum Gasteiger partial charge on any atom is 0.460 e. The summed E-state index contributed by atoms with van der Waals surface area (Å²) in [7, 11) is 0. The molecule has 0 unspecified atom stereocenters. The van der Waals surface area contributed by atoms with Crippen molar-refractivity contribution in [2.75, 3.05) is 13.1 Å². The molecule has 1 aromatic rings. The Morgan fingerprint density at radius 3 is 1.80 bits per heavy atom. The van der Waals surface area contributed by atoms with Crippen LogP contribution >= 0.6 is 0 Å². The van der Waals surface area contributed by atoms with E-state index in [0.717, 1.165) is 5.56 Å². The molecule has 0 bridgehead atoms. The number of hydrogen-bond acceptors (Lipinski definition) is 2. The summed E-state index contributed by atoms with van der Waals surface area (Å²) >= 11 is 0. The summed E-state index contributed by atoms with van der Waals surface area (Å²) in [5.74, 6) is -28.1. The van der Waals surface area contributed by atoms with Crippen molar-refractivity contribution in [2.24, 2.45) is 4.99 Å². The van der Waals surface area contributed by atoms with E-state index in [4.69, 9.17) is 0 Å². The first-order valence-electron chi connectivity index (χ1n) is 8.12. The molecular formula is C17H13F11N2. The average Bonchev–Trinajstić information content (AvgIpc) is 2.87. The molecule has 0 saturated carbocycles. The van der Waals surface area contributed by atoms with E-state index in [-0.39, 0.29) is 23.9 Å². The molecule has 0 radical (unpaired) electrons. The lowest BCUT2D eigenvalue weighted by atomic mass is 9.95. The molecular weight excluding hydrogens is 441 g/mol. The van der Waals surface area contributed by atoms with Crippen LogP contribution in [0.3, 0.4) is 0 Å². The predicted octanol–water partition coefficient (Wildman–Crippen LogP) is 5.37. The topological polar surface area (TPSA) is 24.4 Å². The van der Waals surface area contributed by atoms with Crippen LogP contribution in [0.15, 0.2) is 41.0 Å². The highest BCUT2D eigenvalue weighted by Gasteiger charge is 2.87. The number of nitrogens with one attached hydrogen (secondary N) is 1. The normalized spacial score (nSPS) is 17.1. The van der Waals surface area contributed by atoms with Crippen LogP contribution in [0.25, 0.3) is 0 Å². The van der Waals surface area contributed by atoms with Gasteiger partial charge in [-0.05, 0) is 18.6 Å². The Kier molecular flexibility index (Phi) is 5.91. The van der Waals surface area contributed by atoms with Crippen molar-refractivity contribution in [3.8, 4) is 0 Å². The zero-order valence-corrected chi connectivity index (χ0v) is 14.9. The third-order valence-corrected chi connectivity index (χ3v) is 4.22. The largest absolute Gasteiger partial charge is 0.460 e. The summed E-state index contributed by atoms with van der Waals surface area (Å²) in [6, 6.07) is 5.68. The van der Waals surface area contributed by atoms with Crippen molar-refractivity contribution in [1.29, 1.82) is 0 Å². The molecule has 0 fully saturated rings. The first kappa shape index (κ1) is 23.9. The molecule has 168 valence electrons. The molecule has 1 heterocycles. The average molecular weight is 454 g/mol. The second-order valence-electron chi connectivity index (χ2n) is 6.41. The Hall–Kier alpha value is -2.34. The van der Waals surface area contributed by atoms with Gasteiger partial charge in [0.05, 0.1) is 18.0 Å². The zero-order valence-electron chi connectivity index (χ0n) is 14.9. The second kappa shape index (κ2) is 7.41. The number of alkyl halides is 11. The Balaban J connectivity index is 2.54. The van der Waals surface area contributed by atoms with Crippen molar-refractivity contribution < 1.29 is 48.3 Å². The van der Waals surface area contributed by atoms with Crippen molar-refractivity contribution >= 4 is 5.71 Å². The maximum absolute atomic E-state index is 14.3. The number of benzene rings is 1. The fraction of sp³-hybridized carbons (Fsp3) is 0.471. The molecule has 0 spiro atoms. The molecule has 0 aliphatic carbocycles. The maximum atomic E-state index is 14.3. The van der Waals surface area contributed by atoms with Gasteiger partial charge < -0.3 is 5.32 Å². The molecule has 1 aliphatic heterocycles.